The number of benzene rings is 1. The van der Waals surface area contributed by atoms with Crippen LogP contribution in [0.25, 0.3) is 0 Å². The minimum Gasteiger partial charge on any atom is -0.364 e. The number of aryl methyl sites for hydroxylation is 2. The van der Waals surface area contributed by atoms with E-state index in [1.54, 1.807) is 0 Å². The molecule has 1 saturated heterocycles. The van der Waals surface area contributed by atoms with Gasteiger partial charge >= 0.3 is 0 Å². The molecule has 2 heterocycles. The van der Waals surface area contributed by atoms with Gasteiger partial charge in [0.2, 0.25) is 0 Å². The maximum absolute atomic E-state index is 5.91. The first-order chi connectivity index (χ1) is 7.81. The minimum atomic E-state index is 0.574. The molecule has 0 amide bonds. The van der Waals surface area contributed by atoms with E-state index in [2.05, 4.69) is 30.0 Å². The van der Waals surface area contributed by atoms with Crippen LogP contribution in [-0.4, -0.2) is 18.6 Å². The number of hydrogen-bond donors (Lipinski definition) is 1. The predicted molar refractivity (Wildman–Crippen MR) is 67.8 cm³/mol. The molecule has 1 aromatic carbocycles. The second kappa shape index (κ2) is 3.77. The Labute approximate surface area is 97.4 Å². The number of anilines is 1. The van der Waals surface area contributed by atoms with Crippen LogP contribution < -0.4 is 10.6 Å². The second-order valence-electron chi connectivity index (χ2n) is 5.15. The number of nitrogens with two attached hydrogens (primary N) is 1. The van der Waals surface area contributed by atoms with Crippen LogP contribution in [0.4, 0.5) is 5.69 Å². The molecule has 0 bridgehead atoms. The zero-order valence-corrected chi connectivity index (χ0v) is 9.95. The monoisotopic (exact) mass is 216 g/mol. The standard InChI is InChI=1S/C14H20N2/c1-10-3-2-4-11-5-6-12-7-8-13(9-15)16(12)14(10)11/h2-4,12-13H,5-9,15H2,1H3. The summed E-state index contributed by atoms with van der Waals surface area (Å²) in [6.07, 6.45) is 5.16. The maximum Gasteiger partial charge on any atom is 0.0433 e. The molecule has 2 aliphatic rings. The van der Waals surface area contributed by atoms with Crippen LogP contribution in [0, 0.1) is 6.92 Å². The normalized spacial score (nSPS) is 27.8. The lowest BCUT2D eigenvalue weighted by atomic mass is 9.94. The van der Waals surface area contributed by atoms with Crippen molar-refractivity contribution in [1.29, 1.82) is 0 Å². The van der Waals surface area contributed by atoms with Crippen LogP contribution >= 0.6 is 0 Å². The molecule has 0 aromatic heterocycles. The first-order valence-electron chi connectivity index (χ1n) is 6.38. The van der Waals surface area contributed by atoms with E-state index in [4.69, 9.17) is 5.73 Å². The largest absolute Gasteiger partial charge is 0.364 e. The molecular formula is C14H20N2. The Hall–Kier alpha value is -1.02. The first kappa shape index (κ1) is 10.2. The second-order valence-corrected chi connectivity index (χ2v) is 5.15. The molecule has 3 rings (SSSR count). The lowest BCUT2D eigenvalue weighted by molar-refractivity contribution is 0.561. The van der Waals surface area contributed by atoms with E-state index >= 15 is 0 Å². The summed E-state index contributed by atoms with van der Waals surface area (Å²) in [4.78, 5) is 2.62. The van der Waals surface area contributed by atoms with Crippen LogP contribution in [0.15, 0.2) is 18.2 Å². The van der Waals surface area contributed by atoms with Gasteiger partial charge in [0.25, 0.3) is 0 Å². The van der Waals surface area contributed by atoms with Gasteiger partial charge in [0.15, 0.2) is 0 Å². The van der Waals surface area contributed by atoms with E-state index in [1.165, 1.54) is 42.5 Å². The summed E-state index contributed by atoms with van der Waals surface area (Å²) in [5.74, 6) is 0. The van der Waals surface area contributed by atoms with Crippen molar-refractivity contribution in [1.82, 2.24) is 0 Å². The number of rotatable bonds is 1. The summed E-state index contributed by atoms with van der Waals surface area (Å²) in [5, 5.41) is 0. The van der Waals surface area contributed by atoms with Gasteiger partial charge in [-0.1, -0.05) is 18.2 Å². The Morgan fingerprint density at radius 1 is 1.31 bits per heavy atom. The third-order valence-corrected chi connectivity index (χ3v) is 4.22. The number of fused-ring (bicyclic) bond motifs is 3. The number of nitrogens with zero attached hydrogens (tertiary/aromatic N) is 1. The molecule has 0 aliphatic carbocycles. The van der Waals surface area contributed by atoms with Gasteiger partial charge in [0.05, 0.1) is 0 Å². The van der Waals surface area contributed by atoms with Crippen LogP contribution in [-0.2, 0) is 6.42 Å². The molecule has 2 unspecified atom stereocenters. The van der Waals surface area contributed by atoms with E-state index in [9.17, 15) is 0 Å². The van der Waals surface area contributed by atoms with Crippen molar-refractivity contribution in [3.8, 4) is 0 Å². The van der Waals surface area contributed by atoms with Crippen molar-refractivity contribution in [3.05, 3.63) is 29.3 Å². The SMILES string of the molecule is Cc1cccc2c1N1C(CN)CCC1CC2. The molecule has 16 heavy (non-hydrogen) atoms. The Bertz CT molecular complexity index is 400. The average molecular weight is 216 g/mol. The average Bonchev–Trinajstić information content (AvgIpc) is 2.72. The highest BCUT2D eigenvalue weighted by Gasteiger charge is 2.36. The highest BCUT2D eigenvalue weighted by atomic mass is 15.2. The van der Waals surface area contributed by atoms with Gasteiger partial charge in [0, 0.05) is 24.3 Å². The zero-order valence-electron chi connectivity index (χ0n) is 9.95. The lowest BCUT2D eigenvalue weighted by Gasteiger charge is -2.38. The Kier molecular flexibility index (Phi) is 2.40. The molecule has 2 N–H and O–H groups in total. The van der Waals surface area contributed by atoms with Crippen molar-refractivity contribution in [2.24, 2.45) is 5.73 Å². The van der Waals surface area contributed by atoms with Crippen molar-refractivity contribution in [3.63, 3.8) is 0 Å². The van der Waals surface area contributed by atoms with E-state index in [1.807, 2.05) is 0 Å². The molecule has 0 spiro atoms. The quantitative estimate of drug-likeness (QED) is 0.780. The molecular weight excluding hydrogens is 196 g/mol. The highest BCUT2D eigenvalue weighted by molar-refractivity contribution is 5.63. The highest BCUT2D eigenvalue weighted by Crippen LogP contribution is 2.40. The van der Waals surface area contributed by atoms with E-state index in [-0.39, 0.29) is 0 Å². The van der Waals surface area contributed by atoms with Gasteiger partial charge in [0.1, 0.15) is 0 Å². The predicted octanol–water partition coefficient (Wildman–Crippen LogP) is 2.24. The van der Waals surface area contributed by atoms with E-state index in [0.717, 1.165) is 12.6 Å². The van der Waals surface area contributed by atoms with E-state index in [0.29, 0.717) is 6.04 Å². The van der Waals surface area contributed by atoms with Crippen LogP contribution in [0.3, 0.4) is 0 Å². The minimum absolute atomic E-state index is 0.574. The molecule has 0 saturated carbocycles. The van der Waals surface area contributed by atoms with Crippen molar-refractivity contribution < 1.29 is 0 Å². The first-order valence-corrected chi connectivity index (χ1v) is 6.38. The maximum atomic E-state index is 5.91. The molecule has 1 aromatic rings. The fourth-order valence-corrected chi connectivity index (χ4v) is 3.45. The summed E-state index contributed by atoms with van der Waals surface area (Å²) in [6, 6.07) is 8.02. The van der Waals surface area contributed by atoms with Crippen LogP contribution in [0.2, 0.25) is 0 Å². The summed E-state index contributed by atoms with van der Waals surface area (Å²) < 4.78 is 0. The van der Waals surface area contributed by atoms with Crippen molar-refractivity contribution >= 4 is 5.69 Å². The third kappa shape index (κ3) is 1.36. The molecule has 0 radical (unpaired) electrons. The van der Waals surface area contributed by atoms with Gasteiger partial charge in [-0.3, -0.25) is 0 Å². The molecule has 2 heteroatoms. The molecule has 1 fully saturated rings. The third-order valence-electron chi connectivity index (χ3n) is 4.22. The lowest BCUT2D eigenvalue weighted by Crippen LogP contribution is -2.43. The molecule has 2 aliphatic heterocycles. The fourth-order valence-electron chi connectivity index (χ4n) is 3.45. The van der Waals surface area contributed by atoms with Gasteiger partial charge in [-0.15, -0.1) is 0 Å². The molecule has 86 valence electrons. The van der Waals surface area contributed by atoms with Gasteiger partial charge < -0.3 is 10.6 Å². The van der Waals surface area contributed by atoms with Gasteiger partial charge in [-0.2, -0.15) is 0 Å². The van der Waals surface area contributed by atoms with Crippen LogP contribution in [0.1, 0.15) is 30.4 Å². The summed E-state index contributed by atoms with van der Waals surface area (Å²) in [7, 11) is 0. The van der Waals surface area contributed by atoms with Crippen molar-refractivity contribution in [2.45, 2.75) is 44.7 Å². The Morgan fingerprint density at radius 2 is 2.19 bits per heavy atom. The molecule has 2 nitrogen and oxygen atoms in total. The zero-order chi connectivity index (χ0) is 11.1. The van der Waals surface area contributed by atoms with E-state index < -0.39 is 0 Å². The summed E-state index contributed by atoms with van der Waals surface area (Å²) in [5.41, 5.74) is 10.3. The van der Waals surface area contributed by atoms with Crippen LogP contribution in [0.5, 0.6) is 0 Å². The number of hydrogen-bond acceptors (Lipinski definition) is 2. The fraction of sp³-hybridized carbons (Fsp3) is 0.571. The molecule has 2 atom stereocenters. The smallest absolute Gasteiger partial charge is 0.0433 e. The number of para-hydroxylation sites is 1. The summed E-state index contributed by atoms with van der Waals surface area (Å²) >= 11 is 0. The van der Waals surface area contributed by atoms with Crippen molar-refractivity contribution in [2.75, 3.05) is 11.4 Å². The Balaban J connectivity index is 2.08. The topological polar surface area (TPSA) is 29.3 Å². The summed E-state index contributed by atoms with van der Waals surface area (Å²) in [6.45, 7) is 3.03. The van der Waals surface area contributed by atoms with Gasteiger partial charge in [-0.05, 0) is 43.7 Å². The van der Waals surface area contributed by atoms with Gasteiger partial charge in [-0.25, -0.2) is 0 Å². The Morgan fingerprint density at radius 3 is 3.00 bits per heavy atom.